The molecule has 1 aromatic carbocycles. The largest absolute Gasteiger partial charge is 0.506 e. The molecule has 1 aliphatic rings. The Morgan fingerprint density at radius 3 is 2.50 bits per heavy atom. The minimum atomic E-state index is -0.379. The highest BCUT2D eigenvalue weighted by Gasteiger charge is 2.29. The van der Waals surface area contributed by atoms with E-state index in [1.165, 1.54) is 0 Å². The molecule has 0 amide bonds. The van der Waals surface area contributed by atoms with Crippen molar-refractivity contribution in [2.24, 2.45) is 5.41 Å². The van der Waals surface area contributed by atoms with Gasteiger partial charge in [-0.1, -0.05) is 19.9 Å². The fraction of sp³-hybridized carbons (Fsp3) is 0.500. The molecule has 0 aliphatic carbocycles. The van der Waals surface area contributed by atoms with E-state index in [-0.39, 0.29) is 17.5 Å². The number of benzene rings is 1. The third kappa shape index (κ3) is 2.28. The van der Waals surface area contributed by atoms with Crippen LogP contribution in [0.15, 0.2) is 18.2 Å². The molecule has 3 N–H and O–H groups in total. The Labute approximate surface area is 95.0 Å². The molecule has 0 radical (unpaired) electrons. The van der Waals surface area contributed by atoms with Crippen LogP contribution in [0.3, 0.4) is 0 Å². The van der Waals surface area contributed by atoms with Crippen molar-refractivity contribution in [1.29, 1.82) is 0 Å². The van der Waals surface area contributed by atoms with Gasteiger partial charge in [0.25, 0.3) is 0 Å². The van der Waals surface area contributed by atoms with Gasteiger partial charge in [0.1, 0.15) is 5.75 Å². The molecule has 0 atom stereocenters. The number of anilines is 1. The van der Waals surface area contributed by atoms with Crippen molar-refractivity contribution in [1.82, 2.24) is 0 Å². The summed E-state index contributed by atoms with van der Waals surface area (Å²) in [4.78, 5) is 0. The number of hydrogen-bond donors (Lipinski definition) is 2. The van der Waals surface area contributed by atoms with Crippen molar-refractivity contribution in [2.75, 3.05) is 18.9 Å². The van der Waals surface area contributed by atoms with E-state index < -0.39 is 0 Å². The number of rotatable bonds is 1. The summed E-state index contributed by atoms with van der Waals surface area (Å²) in [7, 11) is 0. The van der Waals surface area contributed by atoms with Gasteiger partial charge in [0.05, 0.1) is 18.9 Å². The maximum Gasteiger partial charge on any atom is 0.183 e. The van der Waals surface area contributed by atoms with Crippen molar-refractivity contribution >= 4 is 5.69 Å². The van der Waals surface area contributed by atoms with E-state index in [0.717, 1.165) is 5.56 Å². The summed E-state index contributed by atoms with van der Waals surface area (Å²) in [6.07, 6.45) is -0.379. The van der Waals surface area contributed by atoms with E-state index in [4.69, 9.17) is 15.2 Å². The van der Waals surface area contributed by atoms with Crippen molar-refractivity contribution in [3.63, 3.8) is 0 Å². The summed E-state index contributed by atoms with van der Waals surface area (Å²) in [5, 5.41) is 9.32. The van der Waals surface area contributed by atoms with Crippen LogP contribution in [0.4, 0.5) is 5.69 Å². The SMILES string of the molecule is CC1(C)COC(c2ccc(O)c(N)c2)OC1. The molecule has 1 aromatic rings. The van der Waals surface area contributed by atoms with Gasteiger partial charge in [0, 0.05) is 11.0 Å². The fourth-order valence-electron chi connectivity index (χ4n) is 1.60. The second kappa shape index (κ2) is 3.96. The van der Waals surface area contributed by atoms with Crippen LogP contribution in [0.25, 0.3) is 0 Å². The smallest absolute Gasteiger partial charge is 0.183 e. The van der Waals surface area contributed by atoms with Gasteiger partial charge < -0.3 is 20.3 Å². The van der Waals surface area contributed by atoms with Crippen LogP contribution < -0.4 is 5.73 Å². The van der Waals surface area contributed by atoms with Crippen LogP contribution >= 0.6 is 0 Å². The minimum Gasteiger partial charge on any atom is -0.506 e. The number of ether oxygens (including phenoxy) is 2. The summed E-state index contributed by atoms with van der Waals surface area (Å²) in [6, 6.07) is 4.99. The minimum absolute atomic E-state index is 0.0545. The zero-order valence-electron chi connectivity index (χ0n) is 9.56. The van der Waals surface area contributed by atoms with Crippen LogP contribution in [0, 0.1) is 5.41 Å². The predicted octanol–water partition coefficient (Wildman–Crippen LogP) is 2.05. The Bertz CT molecular complexity index is 380. The number of phenols is 1. The highest BCUT2D eigenvalue weighted by Crippen LogP contribution is 2.33. The van der Waals surface area contributed by atoms with Crippen molar-refractivity contribution in [3.8, 4) is 5.75 Å². The topological polar surface area (TPSA) is 64.7 Å². The second-order valence-corrected chi connectivity index (χ2v) is 4.94. The van der Waals surface area contributed by atoms with E-state index in [9.17, 15) is 5.11 Å². The normalized spacial score (nSPS) is 20.9. The van der Waals surface area contributed by atoms with E-state index in [1.54, 1.807) is 18.2 Å². The number of phenolic OH excluding ortho intramolecular Hbond substituents is 1. The fourth-order valence-corrected chi connectivity index (χ4v) is 1.60. The van der Waals surface area contributed by atoms with Gasteiger partial charge in [0.2, 0.25) is 0 Å². The average molecular weight is 223 g/mol. The third-order valence-electron chi connectivity index (χ3n) is 2.57. The van der Waals surface area contributed by atoms with Crippen molar-refractivity contribution in [2.45, 2.75) is 20.1 Å². The highest BCUT2D eigenvalue weighted by molar-refractivity contribution is 5.53. The molecule has 1 fully saturated rings. The first-order valence-electron chi connectivity index (χ1n) is 5.29. The van der Waals surface area contributed by atoms with E-state index in [2.05, 4.69) is 13.8 Å². The summed E-state index contributed by atoms with van der Waals surface area (Å²) >= 11 is 0. The number of hydrogen-bond acceptors (Lipinski definition) is 4. The Kier molecular flexibility index (Phi) is 2.78. The lowest BCUT2D eigenvalue weighted by molar-refractivity contribution is -0.226. The molecular weight excluding hydrogens is 206 g/mol. The standard InChI is InChI=1S/C12H17NO3/c1-12(2)6-15-11(16-7-12)8-3-4-10(14)9(13)5-8/h3-5,11,14H,6-7,13H2,1-2H3. The molecule has 0 saturated carbocycles. The maximum atomic E-state index is 9.32. The second-order valence-electron chi connectivity index (χ2n) is 4.94. The average Bonchev–Trinajstić information content (AvgIpc) is 2.22. The van der Waals surface area contributed by atoms with Gasteiger partial charge in [-0.2, -0.15) is 0 Å². The van der Waals surface area contributed by atoms with Gasteiger partial charge in [-0.15, -0.1) is 0 Å². The first-order valence-corrected chi connectivity index (χ1v) is 5.29. The van der Waals surface area contributed by atoms with Crippen molar-refractivity contribution < 1.29 is 14.6 Å². The monoisotopic (exact) mass is 223 g/mol. The molecule has 4 nitrogen and oxygen atoms in total. The summed E-state index contributed by atoms with van der Waals surface area (Å²) in [5.74, 6) is 0.0832. The molecule has 88 valence electrons. The van der Waals surface area contributed by atoms with Gasteiger partial charge in [-0.05, 0) is 12.1 Å². The van der Waals surface area contributed by atoms with Crippen molar-refractivity contribution in [3.05, 3.63) is 23.8 Å². The molecule has 1 aliphatic heterocycles. The quantitative estimate of drug-likeness (QED) is 0.565. The molecule has 0 unspecified atom stereocenters. The summed E-state index contributed by atoms with van der Waals surface area (Å²) < 4.78 is 11.2. The summed E-state index contributed by atoms with van der Waals surface area (Å²) in [6.45, 7) is 5.49. The molecule has 2 rings (SSSR count). The lowest BCUT2D eigenvalue weighted by Crippen LogP contribution is -2.33. The van der Waals surface area contributed by atoms with Gasteiger partial charge in [0.15, 0.2) is 6.29 Å². The number of nitrogens with two attached hydrogens (primary N) is 1. The van der Waals surface area contributed by atoms with E-state index >= 15 is 0 Å². The van der Waals surface area contributed by atoms with Gasteiger partial charge in [-0.3, -0.25) is 0 Å². The predicted molar refractivity (Wildman–Crippen MR) is 60.9 cm³/mol. The maximum absolute atomic E-state index is 9.32. The molecule has 1 heterocycles. The van der Waals surface area contributed by atoms with E-state index in [1.807, 2.05) is 0 Å². The first-order chi connectivity index (χ1) is 7.48. The summed E-state index contributed by atoms with van der Waals surface area (Å²) in [5.41, 5.74) is 6.85. The lowest BCUT2D eigenvalue weighted by atomic mass is 9.95. The Morgan fingerprint density at radius 1 is 1.31 bits per heavy atom. The highest BCUT2D eigenvalue weighted by atomic mass is 16.7. The van der Waals surface area contributed by atoms with Crippen LogP contribution in [0.2, 0.25) is 0 Å². The lowest BCUT2D eigenvalue weighted by Gasteiger charge is -2.34. The van der Waals surface area contributed by atoms with Crippen LogP contribution in [0.1, 0.15) is 25.7 Å². The zero-order valence-corrected chi connectivity index (χ0v) is 9.56. The van der Waals surface area contributed by atoms with Gasteiger partial charge in [-0.25, -0.2) is 0 Å². The van der Waals surface area contributed by atoms with E-state index in [0.29, 0.717) is 18.9 Å². The molecule has 4 heteroatoms. The first kappa shape index (κ1) is 11.2. The zero-order chi connectivity index (χ0) is 11.8. The van der Waals surface area contributed by atoms with Crippen LogP contribution in [-0.2, 0) is 9.47 Å². The Hall–Kier alpha value is -1.26. The van der Waals surface area contributed by atoms with Crippen LogP contribution in [-0.4, -0.2) is 18.3 Å². The third-order valence-corrected chi connectivity index (χ3v) is 2.57. The molecule has 0 bridgehead atoms. The molecular formula is C12H17NO3. The van der Waals surface area contributed by atoms with Crippen LogP contribution in [0.5, 0.6) is 5.75 Å². The molecule has 16 heavy (non-hydrogen) atoms. The number of aromatic hydroxyl groups is 1. The Morgan fingerprint density at radius 2 is 1.94 bits per heavy atom. The molecule has 1 saturated heterocycles. The van der Waals surface area contributed by atoms with Gasteiger partial charge >= 0.3 is 0 Å². The molecule has 0 aromatic heterocycles. The Balaban J connectivity index is 2.11. The molecule has 0 spiro atoms. The number of nitrogen functional groups attached to an aromatic ring is 1.